The number of hydrogen-bond donors (Lipinski definition) is 3. The molecule has 1 aliphatic carbocycles. The van der Waals surface area contributed by atoms with Gasteiger partial charge in [-0.2, -0.15) is 0 Å². The van der Waals surface area contributed by atoms with Crippen molar-refractivity contribution < 1.29 is 57.5 Å². The van der Waals surface area contributed by atoms with Gasteiger partial charge in [0.25, 0.3) is 11.7 Å². The molecule has 368 valence electrons. The Morgan fingerprint density at radius 1 is 0.924 bits per heavy atom. The number of fused-ring (bicyclic) bond motifs is 3. The standard InChI is InChI=1S/C52H77FN2O11/c1-10-38-27-32(3)46(53)33(4)28-44(63-8)48-45(64-9)29-35(6)52(61,66-48)49(58)50(59)55-25-12-11-15-41(55)51(60)65-47(31(2)16-23-42(38)57)34(5)26-37-19-22-40(43(30-37)62-7)54-24-13-14-36-17-20-39(56)21-18-36/h13,17-18,20-21,24,26-27,31,33,35,37-38,40-41,43-48,54,56,61H,10-12,14-16,19,22-23,25,28-30H2,1-9H3/b24-13?,32-27+,34-26?. The molecule has 3 fully saturated rings. The Morgan fingerprint density at radius 2 is 1.61 bits per heavy atom. The number of esters is 1. The number of alkyl halides is 1. The number of ketones is 2. The molecule has 13 nitrogen and oxygen atoms in total. The summed E-state index contributed by atoms with van der Waals surface area (Å²) in [7, 11) is 4.63. The minimum absolute atomic E-state index is 0.0312. The molecule has 2 saturated heterocycles. The van der Waals surface area contributed by atoms with E-state index in [1.807, 2.05) is 45.2 Å². The molecule has 2 bridgehead atoms. The van der Waals surface area contributed by atoms with Gasteiger partial charge in [-0.3, -0.25) is 14.4 Å². The van der Waals surface area contributed by atoms with Crippen LogP contribution in [0.4, 0.5) is 4.39 Å². The number of halogens is 1. The number of Topliss-reactive ketones (excluding diaryl/α,β-unsaturated/α-hetero) is 2. The molecule has 0 aromatic heterocycles. The molecule has 0 radical (unpaired) electrons. The van der Waals surface area contributed by atoms with Crippen LogP contribution < -0.4 is 5.32 Å². The quantitative estimate of drug-likeness (QED) is 0.120. The molecule has 1 aromatic carbocycles. The number of phenolic OH excluding ortho intramolecular Hbond substituents is 1. The Kier molecular flexibility index (Phi) is 19.6. The first-order chi connectivity index (χ1) is 31.4. The second kappa shape index (κ2) is 24.4. The number of rotatable bonds is 10. The monoisotopic (exact) mass is 925 g/mol. The molecule has 4 aliphatic rings. The first-order valence-corrected chi connectivity index (χ1v) is 24.2. The van der Waals surface area contributed by atoms with E-state index in [-0.39, 0.29) is 67.7 Å². The Morgan fingerprint density at radius 3 is 2.27 bits per heavy atom. The summed E-state index contributed by atoms with van der Waals surface area (Å²) in [6, 6.07) is 6.11. The molecule has 3 N–H and O–H groups in total. The molecule has 14 unspecified atom stereocenters. The molecule has 14 atom stereocenters. The number of carbonyl (C=O) groups is 4. The number of aromatic hydroxyl groups is 1. The molecular formula is C52H77FN2O11. The fraction of sp³-hybridized carbons (Fsp3) is 0.692. The summed E-state index contributed by atoms with van der Waals surface area (Å²) in [6.07, 6.45) is 8.90. The molecule has 1 aromatic rings. The molecule has 0 spiro atoms. The Labute approximate surface area is 391 Å². The van der Waals surface area contributed by atoms with Crippen molar-refractivity contribution >= 4 is 23.4 Å². The van der Waals surface area contributed by atoms with E-state index in [0.717, 1.165) is 30.4 Å². The zero-order chi connectivity index (χ0) is 48.3. The van der Waals surface area contributed by atoms with Crippen LogP contribution in [0.15, 0.2) is 59.8 Å². The van der Waals surface area contributed by atoms with Crippen molar-refractivity contribution in [1.29, 1.82) is 0 Å². The lowest BCUT2D eigenvalue weighted by atomic mass is 9.81. The highest BCUT2D eigenvalue weighted by atomic mass is 19.1. The van der Waals surface area contributed by atoms with Gasteiger partial charge in [0.15, 0.2) is 0 Å². The van der Waals surface area contributed by atoms with Gasteiger partial charge in [-0.15, -0.1) is 0 Å². The number of benzene rings is 1. The van der Waals surface area contributed by atoms with Crippen LogP contribution >= 0.6 is 0 Å². The summed E-state index contributed by atoms with van der Waals surface area (Å²) in [6.45, 7) is 10.9. The number of methoxy groups -OCH3 is 3. The van der Waals surface area contributed by atoms with Crippen LogP contribution in [0.5, 0.6) is 5.75 Å². The number of nitrogens with one attached hydrogen (secondary N) is 1. The van der Waals surface area contributed by atoms with Crippen LogP contribution in [0, 0.1) is 29.6 Å². The molecular weight excluding hydrogens is 848 g/mol. The van der Waals surface area contributed by atoms with Crippen LogP contribution in [0.2, 0.25) is 0 Å². The van der Waals surface area contributed by atoms with Gasteiger partial charge in [-0.05, 0) is 137 Å². The van der Waals surface area contributed by atoms with Gasteiger partial charge >= 0.3 is 5.97 Å². The molecule has 1 amide bonds. The maximum Gasteiger partial charge on any atom is 0.329 e. The highest BCUT2D eigenvalue weighted by Gasteiger charge is 2.56. The van der Waals surface area contributed by atoms with Gasteiger partial charge in [0.05, 0.1) is 24.4 Å². The Hall–Kier alpha value is -3.95. The fourth-order valence-corrected chi connectivity index (χ4v) is 10.5. The zero-order valence-corrected chi connectivity index (χ0v) is 40.7. The molecule has 1 saturated carbocycles. The lowest BCUT2D eigenvalue weighted by Gasteiger charge is -2.47. The van der Waals surface area contributed by atoms with Crippen molar-refractivity contribution in [3.63, 3.8) is 0 Å². The van der Waals surface area contributed by atoms with Gasteiger partial charge in [0.2, 0.25) is 5.79 Å². The maximum absolute atomic E-state index is 16.3. The molecule has 5 rings (SSSR count). The van der Waals surface area contributed by atoms with Crippen molar-refractivity contribution in [2.75, 3.05) is 27.9 Å². The minimum Gasteiger partial charge on any atom is -0.508 e. The average molecular weight is 925 g/mol. The number of amides is 1. The predicted octanol–water partition coefficient (Wildman–Crippen LogP) is 7.51. The van der Waals surface area contributed by atoms with E-state index in [2.05, 4.69) is 11.4 Å². The van der Waals surface area contributed by atoms with E-state index in [4.69, 9.17) is 23.7 Å². The number of phenols is 1. The number of carbonyl (C=O) groups excluding carboxylic acids is 4. The second-order valence-corrected chi connectivity index (χ2v) is 19.5. The summed E-state index contributed by atoms with van der Waals surface area (Å²) in [5.74, 6) is -7.50. The van der Waals surface area contributed by atoms with Crippen LogP contribution in [-0.2, 0) is 49.3 Å². The normalized spacial score (nSPS) is 37.1. The summed E-state index contributed by atoms with van der Waals surface area (Å²) >= 11 is 0. The van der Waals surface area contributed by atoms with Crippen LogP contribution in [-0.4, -0.2) is 121 Å². The third kappa shape index (κ3) is 13.0. The third-order valence-electron chi connectivity index (χ3n) is 14.7. The molecule has 14 heteroatoms. The molecule has 66 heavy (non-hydrogen) atoms. The smallest absolute Gasteiger partial charge is 0.329 e. The van der Waals surface area contributed by atoms with Gasteiger partial charge in [-0.25, -0.2) is 9.18 Å². The first kappa shape index (κ1) is 53.0. The van der Waals surface area contributed by atoms with Gasteiger partial charge in [0, 0.05) is 46.1 Å². The maximum atomic E-state index is 16.3. The number of nitrogens with zero attached hydrogens (tertiary/aromatic N) is 1. The molecule has 3 aliphatic heterocycles. The van der Waals surface area contributed by atoms with Crippen LogP contribution in [0.1, 0.15) is 118 Å². The van der Waals surface area contributed by atoms with Crippen molar-refractivity contribution in [3.05, 3.63) is 65.4 Å². The van der Waals surface area contributed by atoms with E-state index < -0.39 is 77.8 Å². The van der Waals surface area contributed by atoms with E-state index in [0.29, 0.717) is 37.7 Å². The highest BCUT2D eigenvalue weighted by molar-refractivity contribution is 6.39. The SMILES string of the molecule is CCC1/C=C(\C)C(F)C(C)CC(OC)C2OC(O)(C(=O)C(=O)N3CCCCC3C(=O)OC(C(C)=CC3CCC(NC=CCc4ccc(O)cc4)C(OC)C3)C(C)CCC1=O)C(C)CC2OC. The Balaban J connectivity index is 1.43. The number of ether oxygens (including phenoxy) is 5. The second-order valence-electron chi connectivity index (χ2n) is 19.5. The van der Waals surface area contributed by atoms with Crippen molar-refractivity contribution in [2.24, 2.45) is 29.6 Å². The van der Waals surface area contributed by atoms with E-state index in [9.17, 15) is 29.4 Å². The topological polar surface area (TPSA) is 170 Å². The fourth-order valence-electron chi connectivity index (χ4n) is 10.5. The van der Waals surface area contributed by atoms with Crippen LogP contribution in [0.25, 0.3) is 0 Å². The summed E-state index contributed by atoms with van der Waals surface area (Å²) in [5, 5.41) is 25.2. The van der Waals surface area contributed by atoms with Gasteiger partial charge in [0.1, 0.15) is 36.0 Å². The average Bonchev–Trinajstić information content (AvgIpc) is 3.32. The zero-order valence-electron chi connectivity index (χ0n) is 40.7. The highest BCUT2D eigenvalue weighted by Crippen LogP contribution is 2.39. The first-order valence-electron chi connectivity index (χ1n) is 24.2. The number of aliphatic hydroxyl groups is 1. The summed E-state index contributed by atoms with van der Waals surface area (Å²) in [4.78, 5) is 58.3. The van der Waals surface area contributed by atoms with Gasteiger partial charge in [-0.1, -0.05) is 58.1 Å². The van der Waals surface area contributed by atoms with Gasteiger partial charge < -0.3 is 44.1 Å². The number of allylic oxidation sites excluding steroid dienone is 4. The third-order valence-corrected chi connectivity index (χ3v) is 14.7. The lowest BCUT2D eigenvalue weighted by Crippen LogP contribution is -2.64. The number of hydrogen-bond acceptors (Lipinski definition) is 12. The van der Waals surface area contributed by atoms with Crippen LogP contribution in [0.3, 0.4) is 0 Å². The van der Waals surface area contributed by atoms with Crippen molar-refractivity contribution in [2.45, 2.75) is 173 Å². The number of piperidine rings is 1. The van der Waals surface area contributed by atoms with E-state index >= 15 is 4.39 Å². The largest absolute Gasteiger partial charge is 0.508 e. The minimum atomic E-state index is -2.57. The van der Waals surface area contributed by atoms with E-state index in [1.165, 1.54) is 19.1 Å². The summed E-state index contributed by atoms with van der Waals surface area (Å²) < 4.78 is 46.6. The number of cyclic esters (lactones) is 1. The lowest BCUT2D eigenvalue weighted by molar-refractivity contribution is -0.302. The molecule has 3 heterocycles. The van der Waals surface area contributed by atoms with Crippen molar-refractivity contribution in [1.82, 2.24) is 10.2 Å². The predicted molar refractivity (Wildman–Crippen MR) is 249 cm³/mol. The van der Waals surface area contributed by atoms with E-state index in [1.54, 1.807) is 46.1 Å². The van der Waals surface area contributed by atoms with Crippen molar-refractivity contribution in [3.8, 4) is 5.75 Å². The Bertz CT molecular complexity index is 1890. The summed E-state index contributed by atoms with van der Waals surface area (Å²) in [5.41, 5.74) is 2.31.